The molecule has 0 aliphatic heterocycles. The zero-order valence-electron chi connectivity index (χ0n) is 3.51. The van der Waals surface area contributed by atoms with Crippen molar-refractivity contribution in [3.63, 3.8) is 0 Å². The molecule has 0 spiro atoms. The average Bonchev–Trinajstić information content (AvgIpc) is 1.35. The molecule has 0 heterocycles. The second kappa shape index (κ2) is 2.65. The van der Waals surface area contributed by atoms with E-state index in [4.69, 9.17) is 5.11 Å². The van der Waals surface area contributed by atoms with Gasteiger partial charge in [0.05, 0.1) is 0 Å². The van der Waals surface area contributed by atoms with E-state index in [9.17, 15) is 4.79 Å². The quantitative estimate of drug-likeness (QED) is 0.339. The van der Waals surface area contributed by atoms with Crippen molar-refractivity contribution in [2.24, 2.45) is 0 Å². The molecule has 0 saturated heterocycles. The number of carbonyl (C=O) groups is 1. The lowest BCUT2D eigenvalue weighted by atomic mass is 10.7. The minimum absolute atomic E-state index is 0.825. The summed E-state index contributed by atoms with van der Waals surface area (Å²) in [5, 5.41) is 7.85. The highest BCUT2D eigenvalue weighted by Crippen LogP contribution is 1.61. The van der Waals surface area contributed by atoms with Crippen LogP contribution >= 0.6 is 0 Å². The molecule has 0 aliphatic carbocycles. The standard InChI is InChI=1S/C3H6O2Si/c4-3(5)1-2-6/h1-2H,6H3,(H,4,5)/b2-1+. The van der Waals surface area contributed by atoms with Crippen LogP contribution in [0.2, 0.25) is 0 Å². The van der Waals surface area contributed by atoms with Crippen LogP contribution in [0.5, 0.6) is 0 Å². The van der Waals surface area contributed by atoms with Crippen LogP contribution in [0.4, 0.5) is 0 Å². The molecule has 34 valence electrons. The van der Waals surface area contributed by atoms with Gasteiger partial charge in [0, 0.05) is 16.3 Å². The van der Waals surface area contributed by atoms with Crippen LogP contribution in [0.15, 0.2) is 11.8 Å². The number of carboxylic acids is 1. The number of carboxylic acid groups (broad SMARTS) is 1. The number of aliphatic carboxylic acids is 1. The summed E-state index contributed by atoms with van der Waals surface area (Å²) in [6.45, 7) is 0. The Labute approximate surface area is 38.9 Å². The molecular weight excluding hydrogens is 96.1 g/mol. The fourth-order valence-corrected chi connectivity index (χ4v) is 0.428. The lowest BCUT2D eigenvalue weighted by Crippen LogP contribution is -1.84. The van der Waals surface area contributed by atoms with E-state index in [1.165, 1.54) is 0 Å². The van der Waals surface area contributed by atoms with E-state index in [0.29, 0.717) is 0 Å². The van der Waals surface area contributed by atoms with Crippen molar-refractivity contribution in [2.75, 3.05) is 0 Å². The molecule has 0 bridgehead atoms. The highest BCUT2D eigenvalue weighted by atomic mass is 28.1. The van der Waals surface area contributed by atoms with Crippen LogP contribution in [0.25, 0.3) is 0 Å². The maximum Gasteiger partial charge on any atom is 0.327 e. The van der Waals surface area contributed by atoms with Crippen LogP contribution in [0.1, 0.15) is 0 Å². The van der Waals surface area contributed by atoms with Crippen LogP contribution in [-0.4, -0.2) is 21.3 Å². The summed E-state index contributed by atoms with van der Waals surface area (Å²) in [7, 11) is 0.825. The zero-order valence-corrected chi connectivity index (χ0v) is 5.51. The first kappa shape index (κ1) is 5.43. The van der Waals surface area contributed by atoms with Crippen molar-refractivity contribution < 1.29 is 9.90 Å². The zero-order chi connectivity index (χ0) is 4.99. The monoisotopic (exact) mass is 102 g/mol. The Balaban J connectivity index is 3.30. The predicted octanol–water partition coefficient (Wildman–Crippen LogP) is -1.05. The third-order valence-electron chi connectivity index (χ3n) is 0.309. The predicted molar refractivity (Wildman–Crippen MR) is 26.7 cm³/mol. The molecule has 0 saturated carbocycles. The molecule has 0 aromatic rings. The molecule has 3 heteroatoms. The third-order valence-corrected chi connectivity index (χ3v) is 0.643. The summed E-state index contributed by atoms with van der Waals surface area (Å²) in [6, 6.07) is 0. The first-order valence-electron chi connectivity index (χ1n) is 1.63. The van der Waals surface area contributed by atoms with Gasteiger partial charge in [-0.3, -0.25) is 0 Å². The van der Waals surface area contributed by atoms with Gasteiger partial charge in [-0.1, -0.05) is 5.70 Å². The van der Waals surface area contributed by atoms with Gasteiger partial charge < -0.3 is 5.11 Å². The van der Waals surface area contributed by atoms with Crippen LogP contribution in [-0.2, 0) is 4.79 Å². The molecule has 0 atom stereocenters. The van der Waals surface area contributed by atoms with Crippen molar-refractivity contribution in [3.8, 4) is 0 Å². The third kappa shape index (κ3) is 3.43. The summed E-state index contributed by atoms with van der Waals surface area (Å²) in [5.41, 5.74) is 1.61. The Kier molecular flexibility index (Phi) is 2.40. The van der Waals surface area contributed by atoms with Crippen LogP contribution < -0.4 is 0 Å². The second-order valence-electron chi connectivity index (χ2n) is 0.838. The Hall–Kier alpha value is -0.573. The molecule has 0 radical (unpaired) electrons. The fraction of sp³-hybridized carbons (Fsp3) is 0. The lowest BCUT2D eigenvalue weighted by Gasteiger charge is -1.68. The van der Waals surface area contributed by atoms with Gasteiger partial charge in [-0.15, -0.1) is 0 Å². The van der Waals surface area contributed by atoms with Gasteiger partial charge in [-0.05, 0) is 0 Å². The van der Waals surface area contributed by atoms with Crippen LogP contribution in [0.3, 0.4) is 0 Å². The maximum atomic E-state index is 9.53. The van der Waals surface area contributed by atoms with Gasteiger partial charge in [0.15, 0.2) is 0 Å². The Morgan fingerprint density at radius 2 is 2.33 bits per heavy atom. The van der Waals surface area contributed by atoms with Crippen molar-refractivity contribution in [1.29, 1.82) is 0 Å². The molecule has 0 rings (SSSR count). The summed E-state index contributed by atoms with van der Waals surface area (Å²) in [5.74, 6) is -0.856. The smallest absolute Gasteiger partial charge is 0.327 e. The van der Waals surface area contributed by atoms with E-state index in [1.54, 1.807) is 5.70 Å². The molecule has 0 aromatic carbocycles. The van der Waals surface area contributed by atoms with Gasteiger partial charge >= 0.3 is 5.97 Å². The molecule has 0 aliphatic rings. The molecular formula is C3H6O2Si. The van der Waals surface area contributed by atoms with Gasteiger partial charge in [0.2, 0.25) is 0 Å². The molecule has 6 heavy (non-hydrogen) atoms. The van der Waals surface area contributed by atoms with Crippen molar-refractivity contribution in [2.45, 2.75) is 0 Å². The summed E-state index contributed by atoms with van der Waals surface area (Å²) in [4.78, 5) is 9.53. The number of hydrogen-bond donors (Lipinski definition) is 1. The summed E-state index contributed by atoms with van der Waals surface area (Å²) >= 11 is 0. The Morgan fingerprint density at radius 3 is 2.33 bits per heavy atom. The minimum atomic E-state index is -0.856. The van der Waals surface area contributed by atoms with Crippen molar-refractivity contribution in [1.82, 2.24) is 0 Å². The van der Waals surface area contributed by atoms with E-state index in [-0.39, 0.29) is 0 Å². The van der Waals surface area contributed by atoms with E-state index in [1.807, 2.05) is 0 Å². The molecule has 1 N–H and O–H groups in total. The average molecular weight is 102 g/mol. The first-order chi connectivity index (χ1) is 2.77. The topological polar surface area (TPSA) is 37.3 Å². The normalized spacial score (nSPS) is 10.0. The Morgan fingerprint density at radius 1 is 1.83 bits per heavy atom. The second-order valence-corrected chi connectivity index (χ2v) is 1.50. The van der Waals surface area contributed by atoms with Crippen molar-refractivity contribution >= 4 is 16.2 Å². The van der Waals surface area contributed by atoms with Crippen molar-refractivity contribution in [3.05, 3.63) is 11.8 Å². The molecule has 0 fully saturated rings. The molecule has 2 nitrogen and oxygen atoms in total. The largest absolute Gasteiger partial charge is 0.478 e. The van der Waals surface area contributed by atoms with E-state index in [2.05, 4.69) is 0 Å². The van der Waals surface area contributed by atoms with Crippen LogP contribution in [0, 0.1) is 0 Å². The highest BCUT2D eigenvalue weighted by molar-refractivity contribution is 6.18. The van der Waals surface area contributed by atoms with E-state index in [0.717, 1.165) is 16.3 Å². The van der Waals surface area contributed by atoms with Gasteiger partial charge in [0.25, 0.3) is 0 Å². The molecule has 0 unspecified atom stereocenters. The number of rotatable bonds is 1. The molecule has 0 aromatic heterocycles. The molecule has 0 amide bonds. The van der Waals surface area contributed by atoms with Gasteiger partial charge in [-0.25, -0.2) is 4.79 Å². The SMILES string of the molecule is O=C(O)/C=C/[SiH3]. The van der Waals surface area contributed by atoms with E-state index < -0.39 is 5.97 Å². The Bertz CT molecular complexity index is 76.9. The highest BCUT2D eigenvalue weighted by Gasteiger charge is 1.76. The summed E-state index contributed by atoms with van der Waals surface area (Å²) in [6.07, 6.45) is 1.15. The van der Waals surface area contributed by atoms with Gasteiger partial charge in [0.1, 0.15) is 0 Å². The van der Waals surface area contributed by atoms with Gasteiger partial charge in [-0.2, -0.15) is 0 Å². The first-order valence-corrected chi connectivity index (χ1v) is 2.78. The lowest BCUT2D eigenvalue weighted by molar-refractivity contribution is -0.131. The van der Waals surface area contributed by atoms with E-state index >= 15 is 0 Å². The number of hydrogen-bond acceptors (Lipinski definition) is 1. The maximum absolute atomic E-state index is 9.53. The minimum Gasteiger partial charge on any atom is -0.478 e. The fourth-order valence-electron chi connectivity index (χ4n) is 0.143. The summed E-state index contributed by atoms with van der Waals surface area (Å²) < 4.78 is 0.